The van der Waals surface area contributed by atoms with Gasteiger partial charge in [-0.25, -0.2) is 0 Å². The molecular formula is C8H10N2O3S. The van der Waals surface area contributed by atoms with Crippen molar-refractivity contribution in [1.82, 2.24) is 4.72 Å². The molecule has 1 aromatic rings. The average Bonchev–Trinajstić information content (AvgIpc) is 2.76. The molecule has 1 saturated heterocycles. The molecule has 1 fully saturated rings. The lowest BCUT2D eigenvalue weighted by molar-refractivity contribution is -0.385. The highest BCUT2D eigenvalue weighted by Gasteiger charge is 2.41. The van der Waals surface area contributed by atoms with Gasteiger partial charge in [0.25, 0.3) is 10.9 Å². The van der Waals surface area contributed by atoms with E-state index in [1.165, 1.54) is 12.1 Å². The van der Waals surface area contributed by atoms with Crippen molar-refractivity contribution in [2.24, 2.45) is 0 Å². The molecule has 6 heteroatoms. The molecule has 1 amide bonds. The summed E-state index contributed by atoms with van der Waals surface area (Å²) in [5.74, 6) is 0. The fourth-order valence-corrected chi connectivity index (χ4v) is 3.56. The van der Waals surface area contributed by atoms with E-state index in [0.717, 1.165) is 4.90 Å². The fourth-order valence-electron chi connectivity index (χ4n) is 1.33. The summed E-state index contributed by atoms with van der Waals surface area (Å²) in [5, 5.41) is 10.5. The van der Waals surface area contributed by atoms with E-state index in [0.29, 0.717) is 0 Å². The van der Waals surface area contributed by atoms with Crippen LogP contribution in [0.2, 0.25) is 0 Å². The number of nitro groups is 1. The van der Waals surface area contributed by atoms with E-state index >= 15 is 0 Å². The highest BCUT2D eigenvalue weighted by Crippen LogP contribution is 2.61. The summed E-state index contributed by atoms with van der Waals surface area (Å²) < 4.78 is 2.77. The van der Waals surface area contributed by atoms with Crippen molar-refractivity contribution in [2.75, 3.05) is 6.26 Å². The zero-order valence-corrected chi connectivity index (χ0v) is 8.48. The summed E-state index contributed by atoms with van der Waals surface area (Å²) in [6.45, 7) is 0. The second-order valence-electron chi connectivity index (χ2n) is 3.39. The average molecular weight is 214 g/mol. The van der Waals surface area contributed by atoms with Gasteiger partial charge in [0.05, 0.1) is 4.92 Å². The third kappa shape index (κ3) is 1.24. The van der Waals surface area contributed by atoms with Crippen LogP contribution in [0.15, 0.2) is 29.2 Å². The summed E-state index contributed by atoms with van der Waals surface area (Å²) >= 11 is 0. The maximum Gasteiger partial charge on any atom is 0.270 e. The Hall–Kier alpha value is -1.56. The molecule has 0 radical (unpaired) electrons. The Labute approximate surface area is 81.7 Å². The van der Waals surface area contributed by atoms with Crippen LogP contribution in [0.4, 0.5) is 10.5 Å². The minimum Gasteiger partial charge on any atom is -0.318 e. The van der Waals surface area contributed by atoms with Crippen molar-refractivity contribution < 1.29 is 9.72 Å². The first-order valence-electron chi connectivity index (χ1n) is 4.11. The number of carbonyl (C=O) groups excluding carboxylic acids is 1. The molecule has 76 valence electrons. The van der Waals surface area contributed by atoms with Crippen LogP contribution in [0.3, 0.4) is 0 Å². The Kier molecular flexibility index (Phi) is 1.75. The molecule has 1 heterocycles. The molecule has 0 aliphatic carbocycles. The molecule has 2 rings (SSSR count). The zero-order valence-electron chi connectivity index (χ0n) is 7.48. The number of nitrogens with one attached hydrogen (secondary N) is 1. The molecule has 14 heavy (non-hydrogen) atoms. The zero-order chi connectivity index (χ0) is 10.3. The van der Waals surface area contributed by atoms with Crippen LogP contribution in [0, 0.1) is 10.1 Å². The van der Waals surface area contributed by atoms with Crippen LogP contribution in [0.5, 0.6) is 0 Å². The number of benzene rings is 1. The second kappa shape index (κ2) is 2.71. The van der Waals surface area contributed by atoms with Gasteiger partial charge < -0.3 is 4.72 Å². The molecule has 0 bridgehead atoms. The van der Waals surface area contributed by atoms with Gasteiger partial charge in [-0.1, -0.05) is 6.07 Å². The Bertz CT molecular complexity index is 434. The first-order chi connectivity index (χ1) is 6.54. The summed E-state index contributed by atoms with van der Waals surface area (Å²) in [7, 11) is -2.16. The Morgan fingerprint density at radius 3 is 2.64 bits per heavy atom. The van der Waals surface area contributed by atoms with Crippen LogP contribution in [-0.2, 0) is 0 Å². The van der Waals surface area contributed by atoms with Crippen molar-refractivity contribution >= 4 is 21.1 Å². The number of carbonyl (C=O) groups is 1. The Morgan fingerprint density at radius 1 is 1.50 bits per heavy atom. The van der Waals surface area contributed by atoms with Gasteiger partial charge in [0.15, 0.2) is 0 Å². The van der Waals surface area contributed by atoms with Gasteiger partial charge in [-0.05, 0) is 12.3 Å². The van der Waals surface area contributed by atoms with E-state index < -0.39 is 15.1 Å². The van der Waals surface area contributed by atoms with Crippen LogP contribution in [-0.4, -0.2) is 16.4 Å². The van der Waals surface area contributed by atoms with Gasteiger partial charge in [-0.3, -0.25) is 14.9 Å². The topological polar surface area (TPSA) is 82.2 Å². The van der Waals surface area contributed by atoms with E-state index in [9.17, 15) is 14.9 Å². The molecule has 0 spiro atoms. The van der Waals surface area contributed by atoms with Gasteiger partial charge in [-0.2, -0.15) is 10.2 Å². The van der Waals surface area contributed by atoms with Crippen molar-refractivity contribution in [3.05, 3.63) is 34.4 Å². The maximum atomic E-state index is 11.1. The van der Waals surface area contributed by atoms with Gasteiger partial charge in [0.1, 0.15) is 0 Å². The summed E-state index contributed by atoms with van der Waals surface area (Å²) in [5.41, 5.74) is 0.0396. The number of rotatable bonds is 2. The van der Waals surface area contributed by atoms with Crippen LogP contribution >= 0.6 is 10.2 Å². The first-order valence-corrected chi connectivity index (χ1v) is 6.61. The summed E-state index contributed by atoms with van der Waals surface area (Å²) in [6, 6.07) is 6.27. The number of amides is 1. The molecule has 0 unspecified atom stereocenters. The predicted octanol–water partition coefficient (Wildman–Crippen LogP) is 1.49. The molecule has 0 saturated carbocycles. The van der Waals surface area contributed by atoms with Gasteiger partial charge >= 0.3 is 0 Å². The van der Waals surface area contributed by atoms with Crippen molar-refractivity contribution in [3.8, 4) is 0 Å². The monoisotopic (exact) mass is 214 g/mol. The van der Waals surface area contributed by atoms with E-state index in [1.807, 2.05) is 6.26 Å². The SMILES string of the molecule is C[SH2]1(c2cccc([N+](=O)[O-])c2)NC1=O. The second-order valence-corrected chi connectivity index (χ2v) is 6.92. The van der Waals surface area contributed by atoms with Crippen molar-refractivity contribution in [2.45, 2.75) is 4.90 Å². The first kappa shape index (κ1) is 9.01. The highest BCUT2D eigenvalue weighted by atomic mass is 32.3. The Balaban J connectivity index is 2.41. The molecule has 1 aliphatic heterocycles. The number of nitrogens with zero attached hydrogens (tertiary/aromatic N) is 1. The molecule has 0 atom stereocenters. The number of non-ortho nitro benzene ring substituents is 1. The van der Waals surface area contributed by atoms with Gasteiger partial charge in [-0.15, -0.1) is 0 Å². The molecule has 1 N–H and O–H groups in total. The smallest absolute Gasteiger partial charge is 0.270 e. The number of hydrogen-bond acceptors (Lipinski definition) is 3. The lowest BCUT2D eigenvalue weighted by Gasteiger charge is -2.11. The van der Waals surface area contributed by atoms with Crippen LogP contribution in [0.25, 0.3) is 0 Å². The van der Waals surface area contributed by atoms with E-state index in [1.54, 1.807) is 12.1 Å². The van der Waals surface area contributed by atoms with Crippen LogP contribution in [0.1, 0.15) is 0 Å². The molecule has 1 aliphatic rings. The summed E-state index contributed by atoms with van der Waals surface area (Å²) in [4.78, 5) is 21.9. The third-order valence-corrected chi connectivity index (χ3v) is 5.37. The number of nitro benzene ring substituents is 1. The summed E-state index contributed by atoms with van der Waals surface area (Å²) in [6.07, 6.45) is 1.84. The normalized spacial score (nSPS) is 19.6. The van der Waals surface area contributed by atoms with Gasteiger partial charge in [0.2, 0.25) is 0 Å². The molecule has 5 nitrogen and oxygen atoms in total. The lowest BCUT2D eigenvalue weighted by atomic mass is 10.3. The molecule has 0 aromatic heterocycles. The van der Waals surface area contributed by atoms with E-state index in [2.05, 4.69) is 4.72 Å². The molecule has 1 aromatic carbocycles. The quantitative estimate of drug-likeness (QED) is 0.460. The van der Waals surface area contributed by atoms with E-state index in [4.69, 9.17) is 0 Å². The maximum absolute atomic E-state index is 11.1. The standard InChI is InChI=1S/C8H10N2O3S/c1-14(8(11)9-14)7-4-2-3-6(5-7)10(12)13/h2-5H,14H2,1H3,(H,9,11). The highest BCUT2D eigenvalue weighted by molar-refractivity contribution is 8.51. The Morgan fingerprint density at radius 2 is 2.14 bits per heavy atom. The van der Waals surface area contributed by atoms with Crippen molar-refractivity contribution in [3.63, 3.8) is 0 Å². The fraction of sp³-hybridized carbons (Fsp3) is 0.125. The predicted molar refractivity (Wildman–Crippen MR) is 56.2 cm³/mol. The lowest BCUT2D eigenvalue weighted by Crippen LogP contribution is -1.90. The third-order valence-electron chi connectivity index (χ3n) is 2.39. The molecular weight excluding hydrogens is 204 g/mol. The van der Waals surface area contributed by atoms with Crippen LogP contribution < -0.4 is 4.72 Å². The minimum absolute atomic E-state index is 0.0396. The number of hydrogen-bond donors (Lipinski definition) is 1. The van der Waals surface area contributed by atoms with Gasteiger partial charge in [0, 0.05) is 17.0 Å². The largest absolute Gasteiger partial charge is 0.318 e. The van der Waals surface area contributed by atoms with E-state index in [-0.39, 0.29) is 10.9 Å². The van der Waals surface area contributed by atoms with Crippen molar-refractivity contribution in [1.29, 1.82) is 0 Å². The minimum atomic E-state index is -2.16.